The van der Waals surface area contributed by atoms with E-state index >= 15 is 0 Å². The smallest absolute Gasteiger partial charge is 0.335 e. The van der Waals surface area contributed by atoms with Crippen LogP contribution in [0.3, 0.4) is 0 Å². The third-order valence-electron chi connectivity index (χ3n) is 2.89. The number of halogens is 2. The molecule has 0 atom stereocenters. The molecule has 2 N–H and O–H groups in total. The topological polar surface area (TPSA) is 49.3 Å². The minimum atomic E-state index is -0.924. The van der Waals surface area contributed by atoms with E-state index in [-0.39, 0.29) is 5.56 Å². The molecule has 0 aliphatic heterocycles. The van der Waals surface area contributed by atoms with Gasteiger partial charge in [-0.25, -0.2) is 4.79 Å². The number of anilines is 1. The second-order valence-corrected chi connectivity index (χ2v) is 6.16. The third-order valence-corrected chi connectivity index (χ3v) is 4.32. The van der Waals surface area contributed by atoms with Crippen molar-refractivity contribution in [2.75, 3.05) is 5.32 Å². The fourth-order valence-electron chi connectivity index (χ4n) is 1.79. The quantitative estimate of drug-likeness (QED) is 0.775. The van der Waals surface area contributed by atoms with Crippen LogP contribution < -0.4 is 5.32 Å². The maximum atomic E-state index is 10.9. The summed E-state index contributed by atoms with van der Waals surface area (Å²) in [6.45, 7) is 2.65. The lowest BCUT2D eigenvalue weighted by atomic mass is 10.1. The molecular weight excluding hydrogens is 386 g/mol. The molecule has 104 valence electrons. The molecule has 2 rings (SSSR count). The summed E-state index contributed by atoms with van der Waals surface area (Å²) in [4.78, 5) is 10.9. The zero-order valence-corrected chi connectivity index (χ0v) is 14.0. The van der Waals surface area contributed by atoms with E-state index in [4.69, 9.17) is 5.11 Å². The Morgan fingerprint density at radius 1 is 1.15 bits per heavy atom. The second-order valence-electron chi connectivity index (χ2n) is 4.45. The van der Waals surface area contributed by atoms with E-state index in [0.29, 0.717) is 6.54 Å². The van der Waals surface area contributed by atoms with Crippen LogP contribution in [0.5, 0.6) is 0 Å². The zero-order valence-electron chi connectivity index (χ0n) is 10.8. The normalized spacial score (nSPS) is 10.3. The molecule has 0 unspecified atom stereocenters. The van der Waals surface area contributed by atoms with E-state index in [1.54, 1.807) is 12.1 Å². The Bertz CT molecular complexity index is 656. The Morgan fingerprint density at radius 3 is 2.55 bits per heavy atom. The first kappa shape index (κ1) is 15.1. The maximum Gasteiger partial charge on any atom is 0.335 e. The first-order valence-electron chi connectivity index (χ1n) is 5.99. The van der Waals surface area contributed by atoms with E-state index in [9.17, 15) is 4.79 Å². The van der Waals surface area contributed by atoms with Gasteiger partial charge in [0.2, 0.25) is 0 Å². The van der Waals surface area contributed by atoms with Crippen molar-refractivity contribution in [1.82, 2.24) is 0 Å². The van der Waals surface area contributed by atoms with Crippen molar-refractivity contribution in [2.45, 2.75) is 13.5 Å². The molecule has 0 heterocycles. The summed E-state index contributed by atoms with van der Waals surface area (Å²) in [5, 5.41) is 12.3. The maximum absolute atomic E-state index is 10.9. The number of aromatic carboxylic acids is 1. The van der Waals surface area contributed by atoms with Crippen LogP contribution in [-0.4, -0.2) is 11.1 Å². The number of nitrogens with one attached hydrogen (secondary N) is 1. The Hall–Kier alpha value is -1.33. The molecule has 3 nitrogen and oxygen atoms in total. The minimum absolute atomic E-state index is 0.275. The van der Waals surface area contributed by atoms with Gasteiger partial charge in [-0.3, -0.25) is 0 Å². The van der Waals surface area contributed by atoms with E-state index in [1.807, 2.05) is 25.1 Å². The SMILES string of the molecule is Cc1ccc(Br)c(NCc2ccc(C(=O)O)cc2Br)c1. The third kappa shape index (κ3) is 3.61. The summed E-state index contributed by atoms with van der Waals surface area (Å²) in [5.41, 5.74) is 3.47. The van der Waals surface area contributed by atoms with Gasteiger partial charge < -0.3 is 10.4 Å². The lowest BCUT2D eigenvalue weighted by Crippen LogP contribution is -2.03. The Morgan fingerprint density at radius 2 is 1.90 bits per heavy atom. The van der Waals surface area contributed by atoms with Crippen LogP contribution in [0.1, 0.15) is 21.5 Å². The highest BCUT2D eigenvalue weighted by atomic mass is 79.9. The summed E-state index contributed by atoms with van der Waals surface area (Å²) in [6, 6.07) is 11.1. The van der Waals surface area contributed by atoms with E-state index in [0.717, 1.165) is 20.2 Å². The van der Waals surface area contributed by atoms with Gasteiger partial charge in [0, 0.05) is 21.2 Å². The molecule has 0 amide bonds. The monoisotopic (exact) mass is 397 g/mol. The van der Waals surface area contributed by atoms with E-state index < -0.39 is 5.97 Å². The fourth-order valence-corrected chi connectivity index (χ4v) is 2.69. The molecule has 0 saturated carbocycles. The predicted octanol–water partition coefficient (Wildman–Crippen LogP) is 4.83. The lowest BCUT2D eigenvalue weighted by Gasteiger charge is -2.11. The number of benzene rings is 2. The van der Waals surface area contributed by atoms with Crippen molar-refractivity contribution in [3.8, 4) is 0 Å². The van der Waals surface area contributed by atoms with E-state index in [1.165, 1.54) is 5.56 Å². The molecule has 0 bridgehead atoms. The van der Waals surface area contributed by atoms with Crippen molar-refractivity contribution >= 4 is 43.5 Å². The van der Waals surface area contributed by atoms with Gasteiger partial charge in [0.25, 0.3) is 0 Å². The molecule has 0 fully saturated rings. The molecule has 0 aromatic heterocycles. The van der Waals surface area contributed by atoms with Crippen LogP contribution in [-0.2, 0) is 6.54 Å². The van der Waals surface area contributed by atoms with Crippen LogP contribution >= 0.6 is 31.9 Å². The molecule has 2 aromatic carbocycles. The highest BCUT2D eigenvalue weighted by Gasteiger charge is 2.07. The number of carboxylic acids is 1. The van der Waals surface area contributed by atoms with Crippen molar-refractivity contribution in [3.63, 3.8) is 0 Å². The van der Waals surface area contributed by atoms with Crippen LogP contribution in [0.25, 0.3) is 0 Å². The number of hydrogen-bond donors (Lipinski definition) is 2. The highest BCUT2D eigenvalue weighted by Crippen LogP contribution is 2.25. The minimum Gasteiger partial charge on any atom is -0.478 e. The summed E-state index contributed by atoms with van der Waals surface area (Å²) in [6.07, 6.45) is 0. The molecule has 5 heteroatoms. The molecule has 0 aliphatic rings. The number of hydrogen-bond acceptors (Lipinski definition) is 2. The van der Waals surface area contributed by atoms with Gasteiger partial charge >= 0.3 is 5.97 Å². The molecule has 20 heavy (non-hydrogen) atoms. The van der Waals surface area contributed by atoms with Crippen LogP contribution in [0.15, 0.2) is 45.3 Å². The summed E-state index contributed by atoms with van der Waals surface area (Å²) < 4.78 is 1.79. The van der Waals surface area contributed by atoms with Gasteiger partial charge in [0.15, 0.2) is 0 Å². The van der Waals surface area contributed by atoms with Crippen molar-refractivity contribution in [2.24, 2.45) is 0 Å². The van der Waals surface area contributed by atoms with Crippen LogP contribution in [0.4, 0.5) is 5.69 Å². The standard InChI is InChI=1S/C15H13Br2NO2/c1-9-2-5-12(16)14(6-9)18-8-11-4-3-10(15(19)20)7-13(11)17/h2-7,18H,8H2,1H3,(H,19,20). The molecule has 0 radical (unpaired) electrons. The average Bonchev–Trinajstić information content (AvgIpc) is 2.40. The van der Waals surface area contributed by atoms with Crippen molar-refractivity contribution < 1.29 is 9.90 Å². The first-order chi connectivity index (χ1) is 9.47. The summed E-state index contributed by atoms with van der Waals surface area (Å²) in [5.74, 6) is -0.924. The average molecular weight is 399 g/mol. The van der Waals surface area contributed by atoms with Crippen LogP contribution in [0.2, 0.25) is 0 Å². The molecule has 0 saturated heterocycles. The van der Waals surface area contributed by atoms with Crippen molar-refractivity contribution in [1.29, 1.82) is 0 Å². The van der Waals surface area contributed by atoms with Gasteiger partial charge in [-0.2, -0.15) is 0 Å². The van der Waals surface area contributed by atoms with Crippen LogP contribution in [0, 0.1) is 6.92 Å². The van der Waals surface area contributed by atoms with Gasteiger partial charge in [0.05, 0.1) is 5.56 Å². The number of aryl methyl sites for hydroxylation is 1. The van der Waals surface area contributed by atoms with Gasteiger partial charge in [-0.05, 0) is 58.2 Å². The summed E-state index contributed by atoms with van der Waals surface area (Å²) >= 11 is 6.91. The van der Waals surface area contributed by atoms with Gasteiger partial charge in [-0.15, -0.1) is 0 Å². The molecule has 0 spiro atoms. The largest absolute Gasteiger partial charge is 0.478 e. The number of rotatable bonds is 4. The fraction of sp³-hybridized carbons (Fsp3) is 0.133. The number of carboxylic acid groups (broad SMARTS) is 1. The Labute approximate surface area is 134 Å². The molecular formula is C15H13Br2NO2. The highest BCUT2D eigenvalue weighted by molar-refractivity contribution is 9.11. The van der Waals surface area contributed by atoms with Crippen molar-refractivity contribution in [3.05, 3.63) is 62.0 Å². The lowest BCUT2D eigenvalue weighted by molar-refractivity contribution is 0.0697. The molecule has 2 aromatic rings. The van der Waals surface area contributed by atoms with E-state index in [2.05, 4.69) is 43.2 Å². The zero-order chi connectivity index (χ0) is 14.7. The van der Waals surface area contributed by atoms with Gasteiger partial charge in [-0.1, -0.05) is 28.1 Å². The Kier molecular flexibility index (Phi) is 4.83. The van der Waals surface area contributed by atoms with Gasteiger partial charge in [0.1, 0.15) is 0 Å². The molecule has 0 aliphatic carbocycles. The summed E-state index contributed by atoms with van der Waals surface area (Å²) in [7, 11) is 0. The number of carbonyl (C=O) groups is 1. The Balaban J connectivity index is 2.15. The first-order valence-corrected chi connectivity index (χ1v) is 7.57. The second kappa shape index (κ2) is 6.41. The predicted molar refractivity (Wildman–Crippen MR) is 87.3 cm³/mol.